The van der Waals surface area contributed by atoms with Crippen LogP contribution in [0.4, 0.5) is 10.1 Å². The Morgan fingerprint density at radius 2 is 2.00 bits per heavy atom. The average molecular weight is 291 g/mol. The van der Waals surface area contributed by atoms with Gasteiger partial charge in [-0.2, -0.15) is 0 Å². The second kappa shape index (κ2) is 5.92. The molecule has 106 valence electrons. The molecule has 1 amide bonds. The van der Waals surface area contributed by atoms with Gasteiger partial charge in [-0.05, 0) is 31.9 Å². The van der Waals surface area contributed by atoms with E-state index in [9.17, 15) is 4.79 Å². The third-order valence-electron chi connectivity index (χ3n) is 2.84. The molecule has 1 aromatic heterocycles. The van der Waals surface area contributed by atoms with Gasteiger partial charge in [-0.1, -0.05) is 29.5 Å². The summed E-state index contributed by atoms with van der Waals surface area (Å²) in [7, 11) is 0. The first-order valence-electron chi connectivity index (χ1n) is 6.19. The quantitative estimate of drug-likeness (QED) is 0.908. The third kappa shape index (κ3) is 3.27. The van der Waals surface area contributed by atoms with Crippen LogP contribution in [0.3, 0.4) is 0 Å². The van der Waals surface area contributed by atoms with E-state index in [2.05, 4.69) is 10.3 Å². The zero-order valence-electron chi connectivity index (χ0n) is 11.7. The van der Waals surface area contributed by atoms with Crippen LogP contribution in [-0.2, 0) is 4.79 Å². The van der Waals surface area contributed by atoms with Crippen LogP contribution in [0.2, 0.25) is 0 Å². The van der Waals surface area contributed by atoms with Gasteiger partial charge in [-0.3, -0.25) is 10.1 Å². The number of nitrogens with one attached hydrogen (secondary N) is 1. The van der Waals surface area contributed by atoms with Gasteiger partial charge in [0.25, 0.3) is 5.91 Å². The van der Waals surface area contributed by atoms with Crippen molar-refractivity contribution in [3.05, 3.63) is 35.0 Å². The summed E-state index contributed by atoms with van der Waals surface area (Å²) in [6.07, 6.45) is 0. The zero-order valence-corrected chi connectivity index (χ0v) is 12.5. The van der Waals surface area contributed by atoms with E-state index in [1.807, 2.05) is 32.0 Å². The maximum Gasteiger partial charge on any atom is 0.264 e. The first kappa shape index (κ1) is 14.3. The smallest absolute Gasteiger partial charge is 0.264 e. The summed E-state index contributed by atoms with van der Waals surface area (Å²) in [6.45, 7) is 5.65. The van der Waals surface area contributed by atoms with Gasteiger partial charge in [0, 0.05) is 0 Å². The first-order valence-corrected chi connectivity index (χ1v) is 7.01. The van der Waals surface area contributed by atoms with Crippen molar-refractivity contribution in [3.8, 4) is 5.75 Å². The molecule has 0 saturated carbocycles. The van der Waals surface area contributed by atoms with Gasteiger partial charge in [0.2, 0.25) is 0 Å². The Balaban J connectivity index is 1.95. The number of ether oxygens (including phenoxy) is 1. The highest BCUT2D eigenvalue weighted by Gasteiger charge is 2.10. The standard InChI is InChI=1S/C14H17N3O2S/c1-8-5-4-6-9(2)12(8)19-7-11(18)17-14-16-10(3)13(15)20-14/h4-6H,7,15H2,1-3H3,(H,16,17,18). The van der Waals surface area contributed by atoms with Gasteiger partial charge in [0.15, 0.2) is 11.7 Å². The van der Waals surface area contributed by atoms with E-state index in [0.29, 0.717) is 10.1 Å². The van der Waals surface area contributed by atoms with E-state index in [-0.39, 0.29) is 12.5 Å². The Morgan fingerprint density at radius 3 is 2.55 bits per heavy atom. The SMILES string of the molecule is Cc1cccc(C)c1OCC(=O)Nc1nc(C)c(N)s1. The number of aromatic nitrogens is 1. The molecule has 0 saturated heterocycles. The lowest BCUT2D eigenvalue weighted by Crippen LogP contribution is -2.20. The molecular formula is C14H17N3O2S. The lowest BCUT2D eigenvalue weighted by Gasteiger charge is -2.11. The fraction of sp³-hybridized carbons (Fsp3) is 0.286. The number of thiazole rings is 1. The number of benzene rings is 1. The summed E-state index contributed by atoms with van der Waals surface area (Å²) >= 11 is 1.25. The highest BCUT2D eigenvalue weighted by atomic mass is 32.1. The largest absolute Gasteiger partial charge is 0.483 e. The summed E-state index contributed by atoms with van der Waals surface area (Å²) in [5.41, 5.74) is 8.43. The number of nitrogen functional groups attached to an aromatic ring is 1. The number of aryl methyl sites for hydroxylation is 3. The van der Waals surface area contributed by atoms with E-state index in [1.54, 1.807) is 6.92 Å². The predicted octanol–water partition coefficient (Wildman–Crippen LogP) is 2.67. The topological polar surface area (TPSA) is 77.2 Å². The molecule has 5 nitrogen and oxygen atoms in total. The molecule has 20 heavy (non-hydrogen) atoms. The van der Waals surface area contributed by atoms with E-state index in [4.69, 9.17) is 10.5 Å². The highest BCUT2D eigenvalue weighted by molar-refractivity contribution is 7.19. The molecule has 0 unspecified atom stereocenters. The Kier molecular flexibility index (Phi) is 4.24. The van der Waals surface area contributed by atoms with E-state index < -0.39 is 0 Å². The van der Waals surface area contributed by atoms with Crippen LogP contribution in [0.1, 0.15) is 16.8 Å². The van der Waals surface area contributed by atoms with Gasteiger partial charge in [-0.25, -0.2) is 4.98 Å². The van der Waals surface area contributed by atoms with Crippen molar-refractivity contribution in [3.63, 3.8) is 0 Å². The highest BCUT2D eigenvalue weighted by Crippen LogP contribution is 2.25. The number of rotatable bonds is 4. The first-order chi connectivity index (χ1) is 9.47. The molecule has 1 aromatic carbocycles. The molecule has 2 rings (SSSR count). The fourth-order valence-electron chi connectivity index (χ4n) is 1.78. The summed E-state index contributed by atoms with van der Waals surface area (Å²) in [4.78, 5) is 16.0. The summed E-state index contributed by atoms with van der Waals surface area (Å²) in [5, 5.41) is 3.78. The third-order valence-corrected chi connectivity index (χ3v) is 3.74. The van der Waals surface area contributed by atoms with Crippen LogP contribution in [0, 0.1) is 20.8 Å². The number of para-hydroxylation sites is 1. The molecule has 0 fully saturated rings. The maximum atomic E-state index is 11.8. The Hall–Kier alpha value is -2.08. The Morgan fingerprint density at radius 1 is 1.35 bits per heavy atom. The van der Waals surface area contributed by atoms with Crippen molar-refractivity contribution >= 4 is 27.4 Å². The maximum absolute atomic E-state index is 11.8. The second-order valence-electron chi connectivity index (χ2n) is 4.53. The molecule has 0 spiro atoms. The summed E-state index contributed by atoms with van der Waals surface area (Å²) in [6, 6.07) is 5.86. The monoisotopic (exact) mass is 291 g/mol. The molecule has 3 N–H and O–H groups in total. The molecule has 1 heterocycles. The van der Waals surface area contributed by atoms with Gasteiger partial charge in [0.05, 0.1) is 5.69 Å². The van der Waals surface area contributed by atoms with Crippen molar-refractivity contribution in [2.45, 2.75) is 20.8 Å². The fourth-order valence-corrected chi connectivity index (χ4v) is 2.53. The molecule has 0 aliphatic rings. The number of carbonyl (C=O) groups is 1. The minimum Gasteiger partial charge on any atom is -0.483 e. The van der Waals surface area contributed by atoms with Crippen molar-refractivity contribution in [2.75, 3.05) is 17.7 Å². The molecular weight excluding hydrogens is 274 g/mol. The molecule has 0 aliphatic carbocycles. The number of carbonyl (C=O) groups excluding carboxylic acids is 1. The van der Waals surface area contributed by atoms with Crippen molar-refractivity contribution in [1.82, 2.24) is 4.98 Å². The number of nitrogens with zero attached hydrogens (tertiary/aromatic N) is 1. The van der Waals surface area contributed by atoms with E-state index in [0.717, 1.165) is 22.6 Å². The molecule has 0 atom stereocenters. The molecule has 0 aliphatic heterocycles. The van der Waals surface area contributed by atoms with Crippen molar-refractivity contribution < 1.29 is 9.53 Å². The van der Waals surface area contributed by atoms with Gasteiger partial charge >= 0.3 is 0 Å². The van der Waals surface area contributed by atoms with E-state index in [1.165, 1.54) is 11.3 Å². The molecule has 6 heteroatoms. The van der Waals surface area contributed by atoms with Crippen LogP contribution in [0.15, 0.2) is 18.2 Å². The van der Waals surface area contributed by atoms with E-state index >= 15 is 0 Å². The zero-order chi connectivity index (χ0) is 14.7. The second-order valence-corrected chi connectivity index (χ2v) is 5.56. The summed E-state index contributed by atoms with van der Waals surface area (Å²) < 4.78 is 5.57. The van der Waals surface area contributed by atoms with Crippen LogP contribution >= 0.6 is 11.3 Å². The Bertz CT molecular complexity index is 598. The number of anilines is 2. The molecule has 0 bridgehead atoms. The lowest BCUT2D eigenvalue weighted by molar-refractivity contribution is -0.118. The van der Waals surface area contributed by atoms with Gasteiger partial charge in [0.1, 0.15) is 10.8 Å². The Labute approximate surface area is 121 Å². The molecule has 2 aromatic rings. The van der Waals surface area contributed by atoms with Crippen molar-refractivity contribution in [1.29, 1.82) is 0 Å². The van der Waals surface area contributed by atoms with Crippen LogP contribution < -0.4 is 15.8 Å². The number of hydrogen-bond acceptors (Lipinski definition) is 5. The van der Waals surface area contributed by atoms with Crippen LogP contribution in [-0.4, -0.2) is 17.5 Å². The minimum atomic E-state index is -0.249. The normalized spacial score (nSPS) is 10.3. The van der Waals surface area contributed by atoms with Crippen molar-refractivity contribution in [2.24, 2.45) is 0 Å². The number of hydrogen-bond donors (Lipinski definition) is 2. The average Bonchev–Trinajstić information content (AvgIpc) is 2.67. The molecule has 0 radical (unpaired) electrons. The lowest BCUT2D eigenvalue weighted by atomic mass is 10.1. The number of amides is 1. The minimum absolute atomic E-state index is 0.0514. The summed E-state index contributed by atoms with van der Waals surface area (Å²) in [5.74, 6) is 0.499. The predicted molar refractivity (Wildman–Crippen MR) is 81.3 cm³/mol. The van der Waals surface area contributed by atoms with Gasteiger partial charge in [-0.15, -0.1) is 0 Å². The van der Waals surface area contributed by atoms with Crippen LogP contribution in [0.25, 0.3) is 0 Å². The van der Waals surface area contributed by atoms with Crippen LogP contribution in [0.5, 0.6) is 5.75 Å². The van der Waals surface area contributed by atoms with Gasteiger partial charge < -0.3 is 10.5 Å². The number of nitrogens with two attached hydrogens (primary N) is 1.